The van der Waals surface area contributed by atoms with Gasteiger partial charge in [-0.05, 0) is 62.9 Å². The van der Waals surface area contributed by atoms with Crippen molar-refractivity contribution >= 4 is 0 Å². The Labute approximate surface area is 147 Å². The van der Waals surface area contributed by atoms with E-state index in [0.717, 1.165) is 51.9 Å². The topological polar surface area (TPSA) is 26.7 Å². The summed E-state index contributed by atoms with van der Waals surface area (Å²) in [6.45, 7) is 4.29. The summed E-state index contributed by atoms with van der Waals surface area (Å²) in [6, 6.07) is 6.34. The molecule has 2 aliphatic heterocycles. The normalized spacial score (nSPS) is 24.6. The number of halogens is 3. The van der Waals surface area contributed by atoms with Crippen LogP contribution in [0.1, 0.15) is 36.8 Å². The number of benzene rings is 1. The summed E-state index contributed by atoms with van der Waals surface area (Å²) in [5, 5.41) is 9.27. The van der Waals surface area contributed by atoms with Crippen molar-refractivity contribution in [1.82, 2.24) is 9.80 Å². The largest absolute Gasteiger partial charge is 0.416 e. The van der Waals surface area contributed by atoms with Gasteiger partial charge in [0.05, 0.1) is 5.56 Å². The third-order valence-electron chi connectivity index (χ3n) is 5.62. The summed E-state index contributed by atoms with van der Waals surface area (Å²) in [4.78, 5) is 4.63. The Bertz CT molecular complexity index is 556. The van der Waals surface area contributed by atoms with Crippen LogP contribution in [0.15, 0.2) is 24.3 Å². The lowest BCUT2D eigenvalue weighted by molar-refractivity contribution is -0.138. The molecule has 0 saturated carbocycles. The predicted molar refractivity (Wildman–Crippen MR) is 91.1 cm³/mol. The zero-order valence-corrected chi connectivity index (χ0v) is 14.5. The predicted octanol–water partition coefficient (Wildman–Crippen LogP) is 3.37. The van der Waals surface area contributed by atoms with Gasteiger partial charge in [0.1, 0.15) is 0 Å². The third-order valence-corrected chi connectivity index (χ3v) is 5.62. The number of hydrogen-bond donors (Lipinski definition) is 1. The number of aliphatic hydroxyl groups is 1. The minimum atomic E-state index is -4.29. The average Bonchev–Trinajstić information content (AvgIpc) is 2.62. The van der Waals surface area contributed by atoms with Crippen LogP contribution in [-0.2, 0) is 12.7 Å². The van der Waals surface area contributed by atoms with Gasteiger partial charge < -0.3 is 5.11 Å². The fraction of sp³-hybridized carbons (Fsp3) is 0.684. The van der Waals surface area contributed by atoms with E-state index in [0.29, 0.717) is 24.1 Å². The van der Waals surface area contributed by atoms with E-state index >= 15 is 0 Å². The monoisotopic (exact) mass is 356 g/mol. The number of nitrogens with zero attached hydrogens (tertiary/aromatic N) is 2. The maximum absolute atomic E-state index is 13.2. The van der Waals surface area contributed by atoms with Crippen molar-refractivity contribution in [2.24, 2.45) is 5.92 Å². The lowest BCUT2D eigenvalue weighted by Gasteiger charge is -2.42. The Balaban J connectivity index is 1.61. The Morgan fingerprint density at radius 2 is 1.76 bits per heavy atom. The van der Waals surface area contributed by atoms with Crippen LogP contribution in [0.2, 0.25) is 0 Å². The van der Waals surface area contributed by atoms with Gasteiger partial charge >= 0.3 is 6.18 Å². The van der Waals surface area contributed by atoms with E-state index in [1.54, 1.807) is 12.1 Å². The Kier molecular flexibility index (Phi) is 6.02. The molecule has 2 heterocycles. The zero-order valence-electron chi connectivity index (χ0n) is 14.5. The van der Waals surface area contributed by atoms with Gasteiger partial charge in [0.25, 0.3) is 0 Å². The molecule has 2 fully saturated rings. The van der Waals surface area contributed by atoms with Crippen molar-refractivity contribution in [3.8, 4) is 0 Å². The highest BCUT2D eigenvalue weighted by Gasteiger charge is 2.34. The summed E-state index contributed by atoms with van der Waals surface area (Å²) in [6.07, 6.45) is -0.119. The van der Waals surface area contributed by atoms with Crippen molar-refractivity contribution in [2.75, 3.05) is 32.8 Å². The molecule has 2 aliphatic rings. The van der Waals surface area contributed by atoms with E-state index in [9.17, 15) is 18.3 Å². The van der Waals surface area contributed by atoms with Crippen molar-refractivity contribution in [2.45, 2.75) is 44.4 Å². The van der Waals surface area contributed by atoms with Crippen molar-refractivity contribution in [1.29, 1.82) is 0 Å². The van der Waals surface area contributed by atoms with E-state index in [2.05, 4.69) is 9.80 Å². The second-order valence-electron chi connectivity index (χ2n) is 7.35. The molecule has 1 atom stereocenters. The summed E-state index contributed by atoms with van der Waals surface area (Å²) in [5.41, 5.74) is -0.143. The first-order chi connectivity index (χ1) is 12.0. The van der Waals surface area contributed by atoms with Crippen LogP contribution in [0.5, 0.6) is 0 Å². The van der Waals surface area contributed by atoms with Crippen LogP contribution in [0.3, 0.4) is 0 Å². The van der Waals surface area contributed by atoms with Crippen LogP contribution in [0.4, 0.5) is 13.2 Å². The van der Waals surface area contributed by atoms with Crippen LogP contribution in [0, 0.1) is 5.92 Å². The fourth-order valence-corrected chi connectivity index (χ4v) is 4.15. The first-order valence-corrected chi connectivity index (χ1v) is 9.19. The molecule has 2 saturated heterocycles. The molecule has 0 aliphatic carbocycles. The van der Waals surface area contributed by atoms with Gasteiger partial charge in [0.15, 0.2) is 0 Å². The minimum absolute atomic E-state index is 0.263. The molecule has 0 aromatic heterocycles. The zero-order chi connectivity index (χ0) is 17.9. The number of alkyl halides is 3. The highest BCUT2D eigenvalue weighted by atomic mass is 19.4. The summed E-state index contributed by atoms with van der Waals surface area (Å²) < 4.78 is 39.6. The maximum atomic E-state index is 13.2. The fourth-order valence-electron chi connectivity index (χ4n) is 4.15. The SMILES string of the molecule is OCC1CCN(C2CCCN(Cc3ccccc3C(F)(F)F)C2)CC1. The van der Waals surface area contributed by atoms with E-state index in [-0.39, 0.29) is 6.61 Å². The number of rotatable bonds is 4. The molecule has 0 bridgehead atoms. The molecule has 0 radical (unpaired) electrons. The highest BCUT2D eigenvalue weighted by molar-refractivity contribution is 5.29. The molecule has 3 nitrogen and oxygen atoms in total. The lowest BCUT2D eigenvalue weighted by atomic mass is 9.94. The van der Waals surface area contributed by atoms with Gasteiger partial charge in [-0.25, -0.2) is 0 Å². The Morgan fingerprint density at radius 1 is 1.04 bits per heavy atom. The highest BCUT2D eigenvalue weighted by Crippen LogP contribution is 2.33. The summed E-state index contributed by atoms with van der Waals surface area (Å²) >= 11 is 0. The number of likely N-dealkylation sites (tertiary alicyclic amines) is 2. The second kappa shape index (κ2) is 8.06. The lowest BCUT2D eigenvalue weighted by Crippen LogP contribution is -2.50. The van der Waals surface area contributed by atoms with Crippen LogP contribution in [0.25, 0.3) is 0 Å². The molecule has 1 N–H and O–H groups in total. The van der Waals surface area contributed by atoms with Gasteiger partial charge in [0.2, 0.25) is 0 Å². The third kappa shape index (κ3) is 4.74. The van der Waals surface area contributed by atoms with Crippen LogP contribution in [-0.4, -0.2) is 53.7 Å². The van der Waals surface area contributed by atoms with Gasteiger partial charge in [-0.3, -0.25) is 9.80 Å². The van der Waals surface area contributed by atoms with Gasteiger partial charge in [-0.15, -0.1) is 0 Å². The first kappa shape index (κ1) is 18.7. The number of aliphatic hydroxyl groups excluding tert-OH is 1. The van der Waals surface area contributed by atoms with E-state index in [4.69, 9.17) is 0 Å². The van der Waals surface area contributed by atoms with Crippen molar-refractivity contribution < 1.29 is 18.3 Å². The maximum Gasteiger partial charge on any atom is 0.416 e. The van der Waals surface area contributed by atoms with Gasteiger partial charge in [-0.2, -0.15) is 13.2 Å². The first-order valence-electron chi connectivity index (χ1n) is 9.19. The smallest absolute Gasteiger partial charge is 0.396 e. The van der Waals surface area contributed by atoms with E-state index in [1.807, 2.05) is 0 Å². The Morgan fingerprint density at radius 3 is 2.44 bits per heavy atom. The van der Waals surface area contributed by atoms with Crippen LogP contribution >= 0.6 is 0 Å². The second-order valence-corrected chi connectivity index (χ2v) is 7.35. The molecule has 25 heavy (non-hydrogen) atoms. The standard InChI is InChI=1S/C19H27F3N2O/c20-19(21,22)18-6-2-1-4-16(18)12-23-9-3-5-17(13-23)24-10-7-15(14-25)8-11-24/h1-2,4,6,15,17,25H,3,5,7-14H2. The Hall–Kier alpha value is -1.11. The molecular weight excluding hydrogens is 329 g/mol. The van der Waals surface area contributed by atoms with Gasteiger partial charge in [-0.1, -0.05) is 18.2 Å². The van der Waals surface area contributed by atoms with Crippen molar-refractivity contribution in [3.63, 3.8) is 0 Å². The molecule has 6 heteroatoms. The molecule has 1 aromatic rings. The number of piperidine rings is 2. The minimum Gasteiger partial charge on any atom is -0.396 e. The molecule has 1 unspecified atom stereocenters. The quantitative estimate of drug-likeness (QED) is 0.896. The molecule has 0 amide bonds. The van der Waals surface area contributed by atoms with Gasteiger partial charge in [0, 0.05) is 25.7 Å². The molecule has 3 rings (SSSR count). The molecular formula is C19H27F3N2O. The summed E-state index contributed by atoms with van der Waals surface area (Å²) in [5.74, 6) is 0.412. The molecule has 0 spiro atoms. The molecule has 140 valence electrons. The van der Waals surface area contributed by atoms with E-state index < -0.39 is 11.7 Å². The summed E-state index contributed by atoms with van der Waals surface area (Å²) in [7, 11) is 0. The van der Waals surface area contributed by atoms with Crippen LogP contribution < -0.4 is 0 Å². The van der Waals surface area contributed by atoms with E-state index in [1.165, 1.54) is 12.1 Å². The average molecular weight is 356 g/mol. The number of hydrogen-bond acceptors (Lipinski definition) is 3. The molecule has 1 aromatic carbocycles. The van der Waals surface area contributed by atoms with Crippen molar-refractivity contribution in [3.05, 3.63) is 35.4 Å².